The summed E-state index contributed by atoms with van der Waals surface area (Å²) in [6.07, 6.45) is -4.40. The predicted octanol–water partition coefficient (Wildman–Crippen LogP) is 5.32. The van der Waals surface area contributed by atoms with Crippen LogP contribution >= 0.6 is 0 Å². The van der Waals surface area contributed by atoms with E-state index in [1.54, 1.807) is 13.0 Å². The van der Waals surface area contributed by atoms with Crippen LogP contribution in [0, 0.1) is 18.2 Å². The van der Waals surface area contributed by atoms with Gasteiger partial charge in [0.1, 0.15) is 23.9 Å². The normalized spacial score (nSPS) is 14.1. The van der Waals surface area contributed by atoms with Crippen molar-refractivity contribution in [2.75, 3.05) is 23.4 Å². The SMILES string of the molecule is Cc1cc2c(nc1NC(=O)CC(C)(C)C)OCCN2Cc1ccc(C(F)(F)F)c(F)c1. The minimum Gasteiger partial charge on any atom is -0.474 e. The van der Waals surface area contributed by atoms with Crippen LogP contribution in [0.5, 0.6) is 5.88 Å². The molecule has 0 bridgehead atoms. The summed E-state index contributed by atoms with van der Waals surface area (Å²) in [7, 11) is 0. The molecule has 0 aliphatic carbocycles. The first-order chi connectivity index (χ1) is 14.3. The van der Waals surface area contributed by atoms with Gasteiger partial charge in [-0.3, -0.25) is 4.79 Å². The monoisotopic (exact) mass is 439 g/mol. The number of pyridine rings is 1. The summed E-state index contributed by atoms with van der Waals surface area (Å²) < 4.78 is 57.9. The van der Waals surface area contributed by atoms with Crippen LogP contribution in [0.25, 0.3) is 0 Å². The van der Waals surface area contributed by atoms with Gasteiger partial charge in [-0.05, 0) is 41.7 Å². The van der Waals surface area contributed by atoms with Crippen molar-refractivity contribution >= 4 is 17.4 Å². The van der Waals surface area contributed by atoms with Crippen molar-refractivity contribution in [3.05, 3.63) is 46.8 Å². The van der Waals surface area contributed by atoms with Crippen LogP contribution in [0.3, 0.4) is 0 Å². The van der Waals surface area contributed by atoms with Gasteiger partial charge < -0.3 is 15.0 Å². The smallest absolute Gasteiger partial charge is 0.419 e. The molecule has 0 saturated heterocycles. The molecular formula is C22H25F4N3O2. The van der Waals surface area contributed by atoms with Crippen molar-refractivity contribution in [1.29, 1.82) is 0 Å². The highest BCUT2D eigenvalue weighted by Gasteiger charge is 2.34. The summed E-state index contributed by atoms with van der Waals surface area (Å²) in [5.41, 5.74) is 0.300. The second-order valence-electron chi connectivity index (χ2n) is 8.85. The average Bonchev–Trinajstić information content (AvgIpc) is 2.60. The highest BCUT2D eigenvalue weighted by molar-refractivity contribution is 5.91. The lowest BCUT2D eigenvalue weighted by molar-refractivity contribution is -0.140. The highest BCUT2D eigenvalue weighted by Crippen LogP contribution is 2.36. The number of halogens is 4. The molecule has 31 heavy (non-hydrogen) atoms. The zero-order chi connectivity index (χ0) is 23.0. The summed E-state index contributed by atoms with van der Waals surface area (Å²) in [6, 6.07) is 4.72. The third-order valence-corrected chi connectivity index (χ3v) is 4.76. The van der Waals surface area contributed by atoms with Crippen molar-refractivity contribution in [3.63, 3.8) is 0 Å². The molecule has 1 aromatic heterocycles. The summed E-state index contributed by atoms with van der Waals surface area (Å²) >= 11 is 0. The Bertz CT molecular complexity index is 984. The van der Waals surface area contributed by atoms with E-state index in [0.717, 1.165) is 17.7 Å². The number of ether oxygens (including phenoxy) is 1. The minimum atomic E-state index is -4.73. The minimum absolute atomic E-state index is 0.157. The number of nitrogens with zero attached hydrogens (tertiary/aromatic N) is 2. The molecule has 1 N–H and O–H groups in total. The maximum absolute atomic E-state index is 13.9. The lowest BCUT2D eigenvalue weighted by Crippen LogP contribution is -2.33. The molecule has 0 saturated carbocycles. The summed E-state index contributed by atoms with van der Waals surface area (Å²) in [5.74, 6) is -0.744. The number of anilines is 2. The van der Waals surface area contributed by atoms with Gasteiger partial charge in [0, 0.05) is 13.0 Å². The highest BCUT2D eigenvalue weighted by atomic mass is 19.4. The van der Waals surface area contributed by atoms with E-state index in [0.29, 0.717) is 42.5 Å². The van der Waals surface area contributed by atoms with E-state index in [1.807, 2.05) is 25.7 Å². The van der Waals surface area contributed by atoms with E-state index in [4.69, 9.17) is 4.74 Å². The van der Waals surface area contributed by atoms with E-state index in [-0.39, 0.29) is 17.9 Å². The maximum Gasteiger partial charge on any atom is 0.419 e. The number of alkyl halides is 3. The largest absolute Gasteiger partial charge is 0.474 e. The topological polar surface area (TPSA) is 54.5 Å². The molecule has 1 amide bonds. The van der Waals surface area contributed by atoms with Gasteiger partial charge >= 0.3 is 6.18 Å². The molecule has 9 heteroatoms. The number of rotatable bonds is 4. The first-order valence-corrected chi connectivity index (χ1v) is 9.88. The van der Waals surface area contributed by atoms with Crippen LogP contribution in [0.4, 0.5) is 29.1 Å². The molecule has 1 aliphatic heterocycles. The lowest BCUT2D eigenvalue weighted by atomic mass is 9.92. The summed E-state index contributed by atoms with van der Waals surface area (Å²) in [4.78, 5) is 18.5. The Morgan fingerprint density at radius 1 is 1.23 bits per heavy atom. The first kappa shape index (κ1) is 22.8. The number of hydrogen-bond acceptors (Lipinski definition) is 4. The van der Waals surface area contributed by atoms with Crippen LogP contribution < -0.4 is 15.0 Å². The number of carbonyl (C=O) groups is 1. The molecule has 1 aliphatic rings. The number of hydrogen-bond donors (Lipinski definition) is 1. The number of aryl methyl sites for hydroxylation is 1. The van der Waals surface area contributed by atoms with Crippen molar-refractivity contribution < 1.29 is 27.1 Å². The van der Waals surface area contributed by atoms with E-state index in [2.05, 4.69) is 10.3 Å². The molecule has 2 aromatic rings. The van der Waals surface area contributed by atoms with Gasteiger partial charge in [-0.25, -0.2) is 4.39 Å². The van der Waals surface area contributed by atoms with Crippen LogP contribution in [-0.4, -0.2) is 24.0 Å². The van der Waals surface area contributed by atoms with Crippen molar-refractivity contribution in [3.8, 4) is 5.88 Å². The van der Waals surface area contributed by atoms with E-state index in [1.165, 1.54) is 6.07 Å². The van der Waals surface area contributed by atoms with Crippen molar-refractivity contribution in [2.24, 2.45) is 5.41 Å². The molecule has 2 heterocycles. The van der Waals surface area contributed by atoms with Gasteiger partial charge in [-0.2, -0.15) is 18.2 Å². The summed E-state index contributed by atoms with van der Waals surface area (Å²) in [5, 5.41) is 2.80. The Balaban J connectivity index is 1.81. The Kier molecular flexibility index (Phi) is 6.16. The van der Waals surface area contributed by atoms with Crippen LogP contribution in [-0.2, 0) is 17.5 Å². The number of aromatic nitrogens is 1. The molecule has 5 nitrogen and oxygen atoms in total. The summed E-state index contributed by atoms with van der Waals surface area (Å²) in [6.45, 7) is 8.65. The fourth-order valence-electron chi connectivity index (χ4n) is 3.34. The molecule has 0 unspecified atom stereocenters. The molecule has 0 spiro atoms. The van der Waals surface area contributed by atoms with Crippen molar-refractivity contribution in [1.82, 2.24) is 4.98 Å². The van der Waals surface area contributed by atoms with Crippen LogP contribution in [0.2, 0.25) is 0 Å². The molecular weight excluding hydrogens is 414 g/mol. The van der Waals surface area contributed by atoms with E-state index >= 15 is 0 Å². The van der Waals surface area contributed by atoms with E-state index < -0.39 is 17.6 Å². The van der Waals surface area contributed by atoms with Crippen LogP contribution in [0.15, 0.2) is 24.3 Å². The standard InChI is InChI=1S/C22H25F4N3O2/c1-13-9-17-20(28-19(13)27-18(30)11-21(2,3)4)31-8-7-29(17)12-14-5-6-15(16(23)10-14)22(24,25)26/h5-6,9-10H,7-8,11-12H2,1-4H3,(H,27,28,30). The second kappa shape index (κ2) is 8.36. The fraction of sp³-hybridized carbons (Fsp3) is 0.455. The average molecular weight is 439 g/mol. The fourth-order valence-corrected chi connectivity index (χ4v) is 3.34. The van der Waals surface area contributed by atoms with E-state index in [9.17, 15) is 22.4 Å². The van der Waals surface area contributed by atoms with Gasteiger partial charge in [0.2, 0.25) is 11.8 Å². The molecule has 0 radical (unpaired) electrons. The number of nitrogens with one attached hydrogen (secondary N) is 1. The zero-order valence-corrected chi connectivity index (χ0v) is 17.9. The van der Waals surface area contributed by atoms with Crippen LogP contribution in [0.1, 0.15) is 43.9 Å². The number of benzene rings is 1. The maximum atomic E-state index is 13.9. The molecule has 0 fully saturated rings. The lowest BCUT2D eigenvalue weighted by Gasteiger charge is -2.31. The molecule has 1 aromatic carbocycles. The number of amides is 1. The molecule has 3 rings (SSSR count). The Hall–Kier alpha value is -2.84. The van der Waals surface area contributed by atoms with Gasteiger partial charge in [0.25, 0.3) is 0 Å². The second-order valence-corrected chi connectivity index (χ2v) is 8.85. The van der Waals surface area contributed by atoms with Gasteiger partial charge in [-0.15, -0.1) is 0 Å². The van der Waals surface area contributed by atoms with Crippen molar-refractivity contribution in [2.45, 2.75) is 46.8 Å². The Morgan fingerprint density at radius 2 is 1.94 bits per heavy atom. The third-order valence-electron chi connectivity index (χ3n) is 4.76. The Morgan fingerprint density at radius 3 is 2.55 bits per heavy atom. The first-order valence-electron chi connectivity index (χ1n) is 9.88. The third kappa shape index (κ3) is 5.65. The van der Waals surface area contributed by atoms with Gasteiger partial charge in [0.15, 0.2) is 0 Å². The molecule has 0 atom stereocenters. The number of fused-ring (bicyclic) bond motifs is 1. The Labute approximate surface area is 178 Å². The predicted molar refractivity (Wildman–Crippen MR) is 110 cm³/mol. The number of carbonyl (C=O) groups excluding carboxylic acids is 1. The zero-order valence-electron chi connectivity index (χ0n) is 17.9. The molecule has 168 valence electrons. The quantitative estimate of drug-likeness (QED) is 0.655. The van der Waals surface area contributed by atoms with Gasteiger partial charge in [0.05, 0.1) is 12.1 Å². The van der Waals surface area contributed by atoms with Gasteiger partial charge in [-0.1, -0.05) is 26.8 Å².